The molecule has 28 heavy (non-hydrogen) atoms. The molecule has 0 radical (unpaired) electrons. The van der Waals surface area contributed by atoms with Gasteiger partial charge in [0.2, 0.25) is 5.91 Å². The summed E-state index contributed by atoms with van der Waals surface area (Å²) in [5.74, 6) is 0.375. The zero-order chi connectivity index (χ0) is 19.3. The minimum atomic E-state index is -0.945. The molecule has 2 aromatic carbocycles. The predicted molar refractivity (Wildman–Crippen MR) is 100 cm³/mol. The Balaban J connectivity index is 1.36. The van der Waals surface area contributed by atoms with Gasteiger partial charge in [0.25, 0.3) is 0 Å². The number of rotatable bonds is 3. The van der Waals surface area contributed by atoms with Crippen LogP contribution in [0.1, 0.15) is 29.0 Å². The highest BCUT2D eigenvalue weighted by molar-refractivity contribution is 5.88. The Morgan fingerprint density at radius 3 is 2.54 bits per heavy atom. The fourth-order valence-corrected chi connectivity index (χ4v) is 4.32. The van der Waals surface area contributed by atoms with Gasteiger partial charge in [-0.1, -0.05) is 30.3 Å². The van der Waals surface area contributed by atoms with Gasteiger partial charge in [-0.3, -0.25) is 4.79 Å². The van der Waals surface area contributed by atoms with E-state index < -0.39 is 12.0 Å². The van der Waals surface area contributed by atoms with Gasteiger partial charge >= 0.3 is 5.97 Å². The topological polar surface area (TPSA) is 76.1 Å². The Labute approximate surface area is 162 Å². The zero-order valence-corrected chi connectivity index (χ0v) is 15.3. The van der Waals surface area contributed by atoms with Gasteiger partial charge in [-0.15, -0.1) is 0 Å². The molecule has 0 aromatic heterocycles. The smallest absolute Gasteiger partial charge is 0.326 e. The highest BCUT2D eigenvalue weighted by Gasteiger charge is 2.48. The van der Waals surface area contributed by atoms with Crippen molar-refractivity contribution in [3.63, 3.8) is 0 Å². The fourth-order valence-electron chi connectivity index (χ4n) is 4.32. The second kappa shape index (κ2) is 6.55. The van der Waals surface area contributed by atoms with Crippen molar-refractivity contribution >= 4 is 11.9 Å². The molecule has 1 saturated carbocycles. The summed E-state index contributed by atoms with van der Waals surface area (Å²) in [4.78, 5) is 26.5. The van der Waals surface area contributed by atoms with Crippen LogP contribution in [0.3, 0.4) is 0 Å². The van der Waals surface area contributed by atoms with E-state index in [0.717, 1.165) is 34.6 Å². The van der Waals surface area contributed by atoms with E-state index in [1.54, 1.807) is 4.90 Å². The van der Waals surface area contributed by atoms with E-state index in [1.165, 1.54) is 0 Å². The summed E-state index contributed by atoms with van der Waals surface area (Å²) in [5, 5.41) is 9.68. The SMILES string of the molecule is O=C(O)[C@@H]1Cc2ccccc2CN1C(=O)[C@H]1C[C@@H]1c1ccc2c(c1)OCCO2. The van der Waals surface area contributed by atoms with Crippen molar-refractivity contribution in [1.29, 1.82) is 0 Å². The fraction of sp³-hybridized carbons (Fsp3) is 0.364. The van der Waals surface area contributed by atoms with Gasteiger partial charge in [-0.25, -0.2) is 4.79 Å². The standard InChI is InChI=1S/C22H21NO5/c24-21(23-12-15-4-2-1-3-13(15)9-18(23)22(25)26)17-11-16(17)14-5-6-19-20(10-14)28-8-7-27-19/h1-6,10,16-18H,7-9,11-12H2,(H,25,26)/t16-,17+,18+/m1/s1. The number of carbonyl (C=O) groups excluding carboxylic acids is 1. The lowest BCUT2D eigenvalue weighted by Gasteiger charge is -2.34. The van der Waals surface area contributed by atoms with E-state index in [2.05, 4.69) is 0 Å². The molecule has 1 N–H and O–H groups in total. The number of carbonyl (C=O) groups is 2. The van der Waals surface area contributed by atoms with Crippen molar-refractivity contribution in [2.45, 2.75) is 31.3 Å². The van der Waals surface area contributed by atoms with E-state index >= 15 is 0 Å². The van der Waals surface area contributed by atoms with Crippen LogP contribution in [-0.2, 0) is 22.6 Å². The molecule has 0 unspecified atom stereocenters. The lowest BCUT2D eigenvalue weighted by atomic mass is 9.93. The maximum atomic E-state index is 13.2. The highest BCUT2D eigenvalue weighted by Crippen LogP contribution is 2.50. The zero-order valence-electron chi connectivity index (χ0n) is 15.3. The molecule has 2 heterocycles. The number of benzene rings is 2. The second-order valence-electron chi connectivity index (χ2n) is 7.64. The molecule has 0 spiro atoms. The first-order valence-corrected chi connectivity index (χ1v) is 9.61. The first-order valence-electron chi connectivity index (χ1n) is 9.61. The molecule has 3 atom stereocenters. The van der Waals surface area contributed by atoms with Gasteiger partial charge in [0, 0.05) is 18.9 Å². The molecule has 1 aliphatic carbocycles. The van der Waals surface area contributed by atoms with Crippen molar-refractivity contribution in [3.8, 4) is 11.5 Å². The van der Waals surface area contributed by atoms with Crippen LogP contribution < -0.4 is 9.47 Å². The maximum Gasteiger partial charge on any atom is 0.326 e. The first kappa shape index (κ1) is 17.1. The highest BCUT2D eigenvalue weighted by atomic mass is 16.6. The Morgan fingerprint density at radius 1 is 1.00 bits per heavy atom. The van der Waals surface area contributed by atoms with Crippen molar-refractivity contribution in [2.75, 3.05) is 13.2 Å². The maximum absolute atomic E-state index is 13.2. The Bertz CT molecular complexity index is 956. The number of hydrogen-bond donors (Lipinski definition) is 1. The van der Waals surface area contributed by atoms with Gasteiger partial charge in [-0.2, -0.15) is 0 Å². The Kier molecular flexibility index (Phi) is 4.00. The summed E-state index contributed by atoms with van der Waals surface area (Å²) in [5.41, 5.74) is 3.09. The van der Waals surface area contributed by atoms with Crippen LogP contribution in [-0.4, -0.2) is 41.1 Å². The largest absolute Gasteiger partial charge is 0.486 e. The summed E-state index contributed by atoms with van der Waals surface area (Å²) in [6, 6.07) is 12.8. The number of aliphatic carboxylic acids is 1. The van der Waals surface area contributed by atoms with Gasteiger partial charge in [0.15, 0.2) is 11.5 Å². The van der Waals surface area contributed by atoms with Gasteiger partial charge in [0.1, 0.15) is 19.3 Å². The predicted octanol–water partition coefficient (Wildman–Crippen LogP) is 2.60. The Hall–Kier alpha value is -3.02. The van der Waals surface area contributed by atoms with Crippen LogP contribution in [0.15, 0.2) is 42.5 Å². The van der Waals surface area contributed by atoms with Crippen molar-refractivity contribution < 1.29 is 24.2 Å². The number of carboxylic acids is 1. The minimum absolute atomic E-state index is 0.0678. The lowest BCUT2D eigenvalue weighted by molar-refractivity contribution is -0.152. The average molecular weight is 379 g/mol. The average Bonchev–Trinajstić information content (AvgIpc) is 3.52. The third-order valence-electron chi connectivity index (χ3n) is 5.92. The van der Waals surface area contributed by atoms with E-state index in [0.29, 0.717) is 26.2 Å². The first-order chi connectivity index (χ1) is 13.6. The van der Waals surface area contributed by atoms with E-state index in [-0.39, 0.29) is 17.7 Å². The number of carboxylic acid groups (broad SMARTS) is 1. The summed E-state index contributed by atoms with van der Waals surface area (Å²) in [6.45, 7) is 1.43. The van der Waals surface area contributed by atoms with Crippen LogP contribution >= 0.6 is 0 Å². The molecular weight excluding hydrogens is 358 g/mol. The molecule has 6 heteroatoms. The van der Waals surface area contributed by atoms with Crippen molar-refractivity contribution in [3.05, 3.63) is 59.2 Å². The number of hydrogen-bond acceptors (Lipinski definition) is 4. The molecular formula is C22H21NO5. The quantitative estimate of drug-likeness (QED) is 0.887. The summed E-state index contributed by atoms with van der Waals surface area (Å²) >= 11 is 0. The van der Waals surface area contributed by atoms with Crippen LogP contribution in [0.2, 0.25) is 0 Å². The van der Waals surface area contributed by atoms with Crippen LogP contribution in [0, 0.1) is 5.92 Å². The van der Waals surface area contributed by atoms with Crippen LogP contribution in [0.25, 0.3) is 0 Å². The molecule has 3 aliphatic rings. The van der Waals surface area contributed by atoms with E-state index in [4.69, 9.17) is 9.47 Å². The van der Waals surface area contributed by atoms with Crippen LogP contribution in [0.4, 0.5) is 0 Å². The van der Waals surface area contributed by atoms with Crippen molar-refractivity contribution in [2.24, 2.45) is 5.92 Å². The summed E-state index contributed by atoms with van der Waals surface area (Å²) in [6.07, 6.45) is 1.10. The number of ether oxygens (including phenoxy) is 2. The van der Waals surface area contributed by atoms with Crippen molar-refractivity contribution in [1.82, 2.24) is 4.90 Å². The molecule has 0 saturated heterocycles. The van der Waals surface area contributed by atoms with Gasteiger partial charge < -0.3 is 19.5 Å². The van der Waals surface area contributed by atoms with E-state index in [9.17, 15) is 14.7 Å². The molecule has 2 aromatic rings. The third-order valence-corrected chi connectivity index (χ3v) is 5.92. The lowest BCUT2D eigenvalue weighted by Crippen LogP contribution is -2.49. The van der Waals surface area contributed by atoms with Crippen LogP contribution in [0.5, 0.6) is 11.5 Å². The summed E-state index contributed by atoms with van der Waals surface area (Å²) in [7, 11) is 0. The molecule has 5 rings (SSSR count). The van der Waals surface area contributed by atoms with E-state index in [1.807, 2.05) is 42.5 Å². The molecule has 2 aliphatic heterocycles. The molecule has 6 nitrogen and oxygen atoms in total. The molecule has 1 amide bonds. The number of nitrogens with zero attached hydrogens (tertiary/aromatic N) is 1. The minimum Gasteiger partial charge on any atom is -0.486 e. The second-order valence-corrected chi connectivity index (χ2v) is 7.64. The van der Waals surface area contributed by atoms with Gasteiger partial charge in [-0.05, 0) is 41.2 Å². The number of amides is 1. The monoisotopic (exact) mass is 379 g/mol. The molecule has 1 fully saturated rings. The molecule has 144 valence electrons. The summed E-state index contributed by atoms with van der Waals surface area (Å²) < 4.78 is 11.2. The molecule has 0 bridgehead atoms. The Morgan fingerprint density at radius 2 is 1.75 bits per heavy atom. The third kappa shape index (κ3) is 2.89. The number of fused-ring (bicyclic) bond motifs is 2. The van der Waals surface area contributed by atoms with Gasteiger partial charge in [0.05, 0.1) is 0 Å². The normalized spacial score (nSPS) is 25.0.